The Bertz CT molecular complexity index is 830. The predicted octanol–water partition coefficient (Wildman–Crippen LogP) is 2.51. The van der Waals surface area contributed by atoms with Crippen LogP contribution in [0.2, 0.25) is 0 Å². The number of hydrogen-bond donors (Lipinski definition) is 1. The smallest absolute Gasteiger partial charge is 0.251 e. The fourth-order valence-corrected chi connectivity index (χ4v) is 4.44. The fourth-order valence-electron chi connectivity index (χ4n) is 4.44. The normalized spacial score (nSPS) is 18.5. The minimum Gasteiger partial charge on any atom is -0.342 e. The minimum atomic E-state index is -0.572. The molecule has 1 atom stereocenters. The molecule has 7 heteroatoms. The fraction of sp³-hybridized carbons (Fsp3) is 0.654. The van der Waals surface area contributed by atoms with Gasteiger partial charge in [-0.2, -0.15) is 0 Å². The lowest BCUT2D eigenvalue weighted by molar-refractivity contribution is -0.137. The van der Waals surface area contributed by atoms with Crippen molar-refractivity contribution in [2.45, 2.75) is 58.9 Å². The second-order valence-electron chi connectivity index (χ2n) is 10.7. The number of carbonyl (C=O) groups excluding carboxylic acids is 3. The molecular formula is C26H40N4O3. The number of benzene rings is 1. The highest BCUT2D eigenvalue weighted by Crippen LogP contribution is 2.22. The summed E-state index contributed by atoms with van der Waals surface area (Å²) in [5.41, 5.74) is 1.75. The Labute approximate surface area is 198 Å². The minimum absolute atomic E-state index is 0.0205. The highest BCUT2D eigenvalue weighted by atomic mass is 16.2. The molecule has 0 aromatic heterocycles. The van der Waals surface area contributed by atoms with Crippen molar-refractivity contribution in [3.05, 3.63) is 35.4 Å². The van der Waals surface area contributed by atoms with E-state index in [4.69, 9.17) is 0 Å². The van der Waals surface area contributed by atoms with Crippen LogP contribution in [0.4, 0.5) is 0 Å². The Morgan fingerprint density at radius 2 is 1.45 bits per heavy atom. The van der Waals surface area contributed by atoms with Crippen LogP contribution < -0.4 is 5.32 Å². The largest absolute Gasteiger partial charge is 0.342 e. The molecule has 1 unspecified atom stereocenters. The second-order valence-corrected chi connectivity index (χ2v) is 10.7. The maximum absolute atomic E-state index is 13.2. The van der Waals surface area contributed by atoms with Gasteiger partial charge in [0.25, 0.3) is 5.91 Å². The summed E-state index contributed by atoms with van der Waals surface area (Å²) in [6, 6.07) is 7.03. The average molecular weight is 457 g/mol. The van der Waals surface area contributed by atoms with Gasteiger partial charge in [0.15, 0.2) is 0 Å². The highest BCUT2D eigenvalue weighted by molar-refractivity contribution is 5.97. The molecule has 2 aliphatic rings. The molecule has 1 N–H and O–H groups in total. The van der Waals surface area contributed by atoms with Crippen LogP contribution in [-0.2, 0) is 15.0 Å². The molecule has 2 aliphatic heterocycles. The molecule has 7 nitrogen and oxygen atoms in total. The maximum atomic E-state index is 13.2. The number of rotatable bonds is 6. The first-order chi connectivity index (χ1) is 15.6. The van der Waals surface area contributed by atoms with Gasteiger partial charge < -0.3 is 15.1 Å². The third kappa shape index (κ3) is 6.56. The molecule has 33 heavy (non-hydrogen) atoms. The van der Waals surface area contributed by atoms with Crippen LogP contribution >= 0.6 is 0 Å². The second kappa shape index (κ2) is 10.7. The van der Waals surface area contributed by atoms with Gasteiger partial charge in [-0.15, -0.1) is 0 Å². The predicted molar refractivity (Wildman–Crippen MR) is 130 cm³/mol. The van der Waals surface area contributed by atoms with E-state index in [1.165, 1.54) is 0 Å². The third-order valence-corrected chi connectivity index (χ3v) is 6.73. The lowest BCUT2D eigenvalue weighted by Gasteiger charge is -2.37. The third-order valence-electron chi connectivity index (χ3n) is 6.73. The number of piperazine rings is 1. The molecule has 0 radical (unpaired) electrons. The van der Waals surface area contributed by atoms with Crippen LogP contribution in [0.5, 0.6) is 0 Å². The highest BCUT2D eigenvalue weighted by Gasteiger charge is 2.32. The molecule has 3 rings (SSSR count). The van der Waals surface area contributed by atoms with Gasteiger partial charge in [0.2, 0.25) is 11.8 Å². The topological polar surface area (TPSA) is 73.0 Å². The van der Waals surface area contributed by atoms with Gasteiger partial charge in [0.05, 0.1) is 6.54 Å². The Kier molecular flexibility index (Phi) is 8.16. The van der Waals surface area contributed by atoms with E-state index in [9.17, 15) is 14.4 Å². The lowest BCUT2D eigenvalue weighted by Crippen LogP contribution is -2.57. The zero-order chi connectivity index (χ0) is 24.2. The number of hydrogen-bond acceptors (Lipinski definition) is 4. The number of likely N-dealkylation sites (tertiary alicyclic amines) is 1. The molecule has 0 saturated carbocycles. The molecule has 2 fully saturated rings. The summed E-state index contributed by atoms with van der Waals surface area (Å²) in [5, 5.41) is 2.96. The summed E-state index contributed by atoms with van der Waals surface area (Å²) in [5.74, 6) is -0.102. The van der Waals surface area contributed by atoms with Crippen LogP contribution in [0, 0.1) is 5.92 Å². The zero-order valence-corrected chi connectivity index (χ0v) is 20.9. The first kappa shape index (κ1) is 25.2. The molecule has 0 aliphatic carbocycles. The van der Waals surface area contributed by atoms with E-state index in [1.54, 1.807) is 0 Å². The Hall–Kier alpha value is -2.41. The summed E-state index contributed by atoms with van der Waals surface area (Å²) in [4.78, 5) is 44.4. The maximum Gasteiger partial charge on any atom is 0.251 e. The molecule has 0 bridgehead atoms. The van der Waals surface area contributed by atoms with Gasteiger partial charge in [0, 0.05) is 44.8 Å². The van der Waals surface area contributed by atoms with Crippen molar-refractivity contribution >= 4 is 17.7 Å². The molecule has 3 amide bonds. The van der Waals surface area contributed by atoms with Crippen LogP contribution in [0.1, 0.15) is 63.4 Å². The van der Waals surface area contributed by atoms with Crippen LogP contribution in [0.3, 0.4) is 0 Å². The summed E-state index contributed by atoms with van der Waals surface area (Å²) < 4.78 is 0. The molecule has 2 heterocycles. The van der Waals surface area contributed by atoms with E-state index in [1.807, 2.05) is 47.9 Å². The zero-order valence-electron chi connectivity index (χ0n) is 20.9. The number of carbonyl (C=O) groups is 3. The number of nitrogens with zero attached hydrogens (tertiary/aromatic N) is 3. The van der Waals surface area contributed by atoms with E-state index in [-0.39, 0.29) is 29.1 Å². The van der Waals surface area contributed by atoms with E-state index in [0.29, 0.717) is 38.3 Å². The van der Waals surface area contributed by atoms with Crippen molar-refractivity contribution in [3.8, 4) is 0 Å². The van der Waals surface area contributed by atoms with Crippen LogP contribution in [0.25, 0.3) is 0 Å². The Morgan fingerprint density at radius 1 is 0.879 bits per heavy atom. The van der Waals surface area contributed by atoms with Gasteiger partial charge in [-0.05, 0) is 41.9 Å². The molecular weight excluding hydrogens is 416 g/mol. The Morgan fingerprint density at radius 3 is 1.97 bits per heavy atom. The van der Waals surface area contributed by atoms with Gasteiger partial charge in [-0.25, -0.2) is 0 Å². The van der Waals surface area contributed by atoms with Crippen molar-refractivity contribution in [2.75, 3.05) is 45.8 Å². The van der Waals surface area contributed by atoms with Crippen LogP contribution in [-0.4, -0.2) is 84.3 Å². The van der Waals surface area contributed by atoms with Gasteiger partial charge >= 0.3 is 0 Å². The molecule has 1 aromatic carbocycles. The van der Waals surface area contributed by atoms with E-state index in [0.717, 1.165) is 31.5 Å². The van der Waals surface area contributed by atoms with E-state index in [2.05, 4.69) is 31.0 Å². The Balaban J connectivity index is 1.54. The van der Waals surface area contributed by atoms with Gasteiger partial charge in [-0.1, -0.05) is 46.8 Å². The van der Waals surface area contributed by atoms with Crippen molar-refractivity contribution in [2.24, 2.45) is 5.92 Å². The molecule has 2 saturated heterocycles. The van der Waals surface area contributed by atoms with Crippen molar-refractivity contribution < 1.29 is 14.4 Å². The lowest BCUT2D eigenvalue weighted by atomic mass is 9.86. The summed E-state index contributed by atoms with van der Waals surface area (Å²) in [6.45, 7) is 15.0. The molecule has 0 spiro atoms. The number of nitrogens with one attached hydrogen (secondary N) is 1. The van der Waals surface area contributed by atoms with Crippen molar-refractivity contribution in [3.63, 3.8) is 0 Å². The quantitative estimate of drug-likeness (QED) is 0.714. The summed E-state index contributed by atoms with van der Waals surface area (Å²) in [7, 11) is 0. The monoisotopic (exact) mass is 456 g/mol. The summed E-state index contributed by atoms with van der Waals surface area (Å²) in [6.07, 6.45) is 2.19. The first-order valence-corrected chi connectivity index (χ1v) is 12.3. The molecule has 182 valence electrons. The SMILES string of the molecule is CC(C)C(NC(=O)c1ccc(C(C)(C)C)cc1)C(=O)N1CCN(CC(=O)N2CCCC2)CC1. The summed E-state index contributed by atoms with van der Waals surface area (Å²) >= 11 is 0. The molecule has 1 aromatic rings. The van der Waals surface area contributed by atoms with E-state index < -0.39 is 6.04 Å². The first-order valence-electron chi connectivity index (χ1n) is 12.3. The van der Waals surface area contributed by atoms with Gasteiger partial charge in [-0.3, -0.25) is 19.3 Å². The van der Waals surface area contributed by atoms with Crippen molar-refractivity contribution in [1.82, 2.24) is 20.0 Å². The van der Waals surface area contributed by atoms with Crippen LogP contribution in [0.15, 0.2) is 24.3 Å². The van der Waals surface area contributed by atoms with E-state index >= 15 is 0 Å². The standard InChI is InChI=1S/C26H40N4O3/c1-19(2)23(27-24(32)20-8-10-21(11-9-20)26(3,4)5)25(33)30-16-14-28(15-17-30)18-22(31)29-12-6-7-13-29/h8-11,19,23H,6-7,12-18H2,1-5H3,(H,27,32). The average Bonchev–Trinajstić information content (AvgIpc) is 3.32. The van der Waals surface area contributed by atoms with Crippen molar-refractivity contribution in [1.29, 1.82) is 0 Å². The number of amides is 3. The van der Waals surface area contributed by atoms with Gasteiger partial charge in [0.1, 0.15) is 6.04 Å².